The highest BCUT2D eigenvalue weighted by Crippen LogP contribution is 2.59. The first-order valence-corrected chi connectivity index (χ1v) is 15.4. The molecule has 33 heavy (non-hydrogen) atoms. The van der Waals surface area contributed by atoms with Crippen molar-refractivity contribution in [2.45, 2.75) is 104 Å². The van der Waals surface area contributed by atoms with Crippen LogP contribution in [0.4, 0.5) is 0 Å². The quantitative estimate of drug-likeness (QED) is 0.404. The van der Waals surface area contributed by atoms with Gasteiger partial charge >= 0.3 is 5.97 Å². The number of thioether (sulfide) groups is 1. The zero-order valence-electron chi connectivity index (χ0n) is 23.7. The molecule has 2 aliphatic rings. The molecule has 0 spiro atoms. The van der Waals surface area contributed by atoms with E-state index in [1.165, 1.54) is 13.5 Å². The van der Waals surface area contributed by atoms with Crippen molar-refractivity contribution < 1.29 is 23.6 Å². The Morgan fingerprint density at radius 1 is 1.15 bits per heavy atom. The third-order valence-corrected chi connectivity index (χ3v) is 11.4. The zero-order chi connectivity index (χ0) is 26.5. The van der Waals surface area contributed by atoms with E-state index in [0.717, 1.165) is 32.1 Å². The molecule has 0 saturated heterocycles. The third kappa shape index (κ3) is 11.7. The van der Waals surface area contributed by atoms with Gasteiger partial charge in [0.25, 0.3) is 0 Å². The minimum absolute atomic E-state index is 0.103. The Labute approximate surface area is 211 Å². The van der Waals surface area contributed by atoms with Crippen LogP contribution in [0.5, 0.6) is 0 Å². The molecule has 1 heterocycles. The van der Waals surface area contributed by atoms with Crippen molar-refractivity contribution >= 4 is 28.0 Å². The molecule has 200 valence electrons. The molecule has 0 bridgehead atoms. The highest BCUT2D eigenvalue weighted by Gasteiger charge is 2.46. The van der Waals surface area contributed by atoms with Crippen LogP contribution in [-0.4, -0.2) is 59.3 Å². The fraction of sp³-hybridized carbons (Fsp3) is 0.885. The van der Waals surface area contributed by atoms with E-state index >= 15 is 0 Å². The monoisotopic (exact) mass is 510 g/mol. The highest BCUT2D eigenvalue weighted by atomic mass is 32.3. The topological polar surface area (TPSA) is 65.0 Å². The minimum atomic E-state index is -1.25. The summed E-state index contributed by atoms with van der Waals surface area (Å²) in [5.74, 6) is 1.21. The fourth-order valence-corrected chi connectivity index (χ4v) is 5.19. The number of ether oxygens (including phenoxy) is 2. The number of aliphatic hydroxyl groups excluding tert-OH is 1. The zero-order valence-corrected chi connectivity index (χ0v) is 25.4. The number of fused-ring (bicyclic) bond motifs is 1. The normalized spacial score (nSPS) is 24.4. The van der Waals surface area contributed by atoms with Crippen molar-refractivity contribution in [3.63, 3.8) is 0 Å². The number of carbonyl (C=O) groups is 1. The first kappa shape index (κ1) is 34.8. The Bertz CT molecular complexity index is 566. The van der Waals surface area contributed by atoms with Crippen LogP contribution < -0.4 is 0 Å². The Hall–Kier alpha value is -0.370. The van der Waals surface area contributed by atoms with E-state index in [4.69, 9.17) is 18.8 Å². The second-order valence-electron chi connectivity index (χ2n) is 10.3. The van der Waals surface area contributed by atoms with Crippen LogP contribution in [-0.2, 0) is 18.5 Å². The number of methoxy groups -OCH3 is 1. The lowest BCUT2D eigenvalue weighted by Crippen LogP contribution is -2.39. The fourth-order valence-electron chi connectivity index (χ4n) is 3.30. The molecule has 0 amide bonds. The summed E-state index contributed by atoms with van der Waals surface area (Å²) in [5, 5.41) is 7.00. The van der Waals surface area contributed by atoms with Gasteiger partial charge in [-0.3, -0.25) is 4.18 Å². The van der Waals surface area contributed by atoms with Crippen LogP contribution >= 0.6 is 22.1 Å². The summed E-state index contributed by atoms with van der Waals surface area (Å²) in [6.07, 6.45) is 10.1. The van der Waals surface area contributed by atoms with Crippen LogP contribution in [0, 0.1) is 11.8 Å². The molecule has 1 fully saturated rings. The lowest BCUT2D eigenvalue weighted by Gasteiger charge is -2.49. The van der Waals surface area contributed by atoms with E-state index in [0.29, 0.717) is 10.3 Å². The number of esters is 1. The molecule has 1 aliphatic carbocycles. The van der Waals surface area contributed by atoms with E-state index in [2.05, 4.69) is 74.8 Å². The molecule has 5 nitrogen and oxygen atoms in total. The van der Waals surface area contributed by atoms with E-state index < -0.39 is 10.3 Å². The standard InChI is InChI=1S/C17H30O4S.C5H12S.C3H8.CH4O/c1-7-22(6,17(2,3)4)21-16-13-10-8-9-12(13)14(11-20-16)15(18)19-5;1-5(2,3)6-4;1-3-2;1-2/h11-13,16H,7-10H2,1-6H3;1-4H3;3H2,1-2H3;2H,1H3/t12-,13+,16-;;;/m0.../s1. The molecule has 1 saturated carbocycles. The molecule has 0 aromatic rings. The van der Waals surface area contributed by atoms with Crippen molar-refractivity contribution in [2.24, 2.45) is 11.8 Å². The Morgan fingerprint density at radius 2 is 1.64 bits per heavy atom. The highest BCUT2D eigenvalue weighted by molar-refractivity contribution is 8.30. The molecular weight excluding hydrogens is 456 g/mol. The van der Waals surface area contributed by atoms with E-state index in [9.17, 15) is 4.79 Å². The molecule has 1 unspecified atom stereocenters. The van der Waals surface area contributed by atoms with Crippen LogP contribution in [0.3, 0.4) is 0 Å². The first-order valence-electron chi connectivity index (χ1n) is 12.1. The number of aliphatic hydroxyl groups is 1. The molecule has 0 aromatic carbocycles. The van der Waals surface area contributed by atoms with Crippen molar-refractivity contribution in [1.29, 1.82) is 0 Å². The Kier molecular flexibility index (Phi) is 17.2. The van der Waals surface area contributed by atoms with Gasteiger partial charge in [0.15, 0.2) is 0 Å². The maximum Gasteiger partial charge on any atom is 0.337 e. The number of hydrogen-bond donors (Lipinski definition) is 1. The molecule has 0 aromatic heterocycles. The minimum Gasteiger partial charge on any atom is -0.471 e. The lowest BCUT2D eigenvalue weighted by molar-refractivity contribution is -0.140. The maximum atomic E-state index is 11.9. The second kappa shape index (κ2) is 16.3. The smallest absolute Gasteiger partial charge is 0.337 e. The SMILES string of the molecule is CCC.CCS(C)(O[C@@H]1OC=C(C(=O)OC)[C@H]2CCC[C@@H]12)C(C)(C)C.CO.CSC(C)(C)C. The summed E-state index contributed by atoms with van der Waals surface area (Å²) >= 11 is 1.88. The molecule has 7 heteroatoms. The van der Waals surface area contributed by atoms with Crippen LogP contribution in [0.2, 0.25) is 0 Å². The van der Waals surface area contributed by atoms with Gasteiger partial charge in [-0.25, -0.2) is 4.79 Å². The average molecular weight is 511 g/mol. The molecule has 1 aliphatic heterocycles. The summed E-state index contributed by atoms with van der Waals surface area (Å²) in [6.45, 7) is 19.8. The van der Waals surface area contributed by atoms with Crippen molar-refractivity contribution in [1.82, 2.24) is 0 Å². The Balaban J connectivity index is 0. The third-order valence-electron chi connectivity index (χ3n) is 5.83. The predicted molar refractivity (Wildman–Crippen MR) is 148 cm³/mol. The molecule has 1 N–H and O–H groups in total. The van der Waals surface area contributed by atoms with Gasteiger partial charge in [0.1, 0.15) is 0 Å². The summed E-state index contributed by atoms with van der Waals surface area (Å²) < 4.78 is 17.8. The summed E-state index contributed by atoms with van der Waals surface area (Å²) in [7, 11) is 1.18. The van der Waals surface area contributed by atoms with Gasteiger partial charge in [-0.05, 0) is 31.1 Å². The van der Waals surface area contributed by atoms with E-state index in [-0.39, 0.29) is 28.8 Å². The predicted octanol–water partition coefficient (Wildman–Crippen LogP) is 7.17. The number of carbonyl (C=O) groups excluding carboxylic acids is 1. The number of rotatable bonds is 4. The van der Waals surface area contributed by atoms with Crippen molar-refractivity contribution in [3.8, 4) is 0 Å². The molecule has 4 atom stereocenters. The number of hydrogen-bond acceptors (Lipinski definition) is 6. The van der Waals surface area contributed by atoms with Crippen LogP contribution in [0.1, 0.15) is 88.0 Å². The largest absolute Gasteiger partial charge is 0.471 e. The maximum absolute atomic E-state index is 11.9. The van der Waals surface area contributed by atoms with Gasteiger partial charge in [0.05, 0.1) is 18.9 Å². The van der Waals surface area contributed by atoms with Gasteiger partial charge < -0.3 is 14.6 Å². The molecule has 0 radical (unpaired) electrons. The van der Waals surface area contributed by atoms with Crippen molar-refractivity contribution in [3.05, 3.63) is 11.8 Å². The summed E-state index contributed by atoms with van der Waals surface area (Å²) in [4.78, 5) is 11.9. The van der Waals surface area contributed by atoms with Gasteiger partial charge in [-0.2, -0.15) is 11.8 Å². The van der Waals surface area contributed by atoms with Crippen LogP contribution in [0.25, 0.3) is 0 Å². The molecular formula is C26H54O5S2. The van der Waals surface area contributed by atoms with E-state index in [1.807, 2.05) is 11.8 Å². The Morgan fingerprint density at radius 3 is 2.00 bits per heavy atom. The van der Waals surface area contributed by atoms with Crippen LogP contribution in [0.15, 0.2) is 11.8 Å². The van der Waals surface area contributed by atoms with Gasteiger partial charge in [0.2, 0.25) is 6.29 Å². The lowest BCUT2D eigenvalue weighted by atomic mass is 9.87. The van der Waals surface area contributed by atoms with Gasteiger partial charge in [0, 0.05) is 28.4 Å². The summed E-state index contributed by atoms with van der Waals surface area (Å²) in [6, 6.07) is 0. The van der Waals surface area contributed by atoms with Crippen molar-refractivity contribution in [2.75, 3.05) is 32.5 Å². The molecule has 2 rings (SSSR count). The van der Waals surface area contributed by atoms with Gasteiger partial charge in [-0.1, -0.05) is 75.2 Å². The first-order chi connectivity index (χ1) is 15.2. The van der Waals surface area contributed by atoms with E-state index in [1.54, 1.807) is 6.26 Å². The van der Waals surface area contributed by atoms with Gasteiger partial charge in [-0.15, -0.1) is 10.3 Å². The second-order valence-corrected chi connectivity index (χ2v) is 15.9. The average Bonchev–Trinajstić information content (AvgIpc) is 3.25. The summed E-state index contributed by atoms with van der Waals surface area (Å²) in [5.41, 5.74) is 0.675.